The number of ether oxygens (including phenoxy) is 1. The third kappa shape index (κ3) is 4.07. The number of carbonyl (C=O) groups excluding carboxylic acids is 3. The van der Waals surface area contributed by atoms with Gasteiger partial charge in [-0.3, -0.25) is 14.9 Å². The summed E-state index contributed by atoms with van der Waals surface area (Å²) in [5.74, 6) is -1.99. The standard InChI is InChI=1S/C19H11Cl2N3O5S/c1-29-14-5-9(6-15(16(14)25)30-8-22)4-11-17(26)23-19(28)24(18(11)27)10-2-3-12(20)13(21)7-10/h2-7,25H,1H3,(H,23,26,28)/b11-4-. The highest BCUT2D eigenvalue weighted by Gasteiger charge is 2.37. The number of benzene rings is 2. The van der Waals surface area contributed by atoms with Crippen molar-refractivity contribution in [3.8, 4) is 16.9 Å². The average Bonchev–Trinajstić information content (AvgIpc) is 2.70. The molecule has 4 amide bonds. The van der Waals surface area contributed by atoms with E-state index in [0.29, 0.717) is 17.3 Å². The molecule has 0 unspecified atom stereocenters. The van der Waals surface area contributed by atoms with Crippen LogP contribution in [-0.4, -0.2) is 30.1 Å². The number of nitrogens with one attached hydrogen (secondary N) is 1. The van der Waals surface area contributed by atoms with Gasteiger partial charge in [-0.05, 0) is 53.7 Å². The van der Waals surface area contributed by atoms with Crippen molar-refractivity contribution in [3.63, 3.8) is 0 Å². The van der Waals surface area contributed by atoms with Gasteiger partial charge in [0.2, 0.25) is 0 Å². The van der Waals surface area contributed by atoms with Gasteiger partial charge in [0.15, 0.2) is 11.5 Å². The fourth-order valence-electron chi connectivity index (χ4n) is 2.65. The van der Waals surface area contributed by atoms with Crippen LogP contribution in [0.2, 0.25) is 10.0 Å². The number of rotatable bonds is 4. The molecule has 0 saturated carbocycles. The highest BCUT2D eigenvalue weighted by molar-refractivity contribution is 8.03. The molecule has 0 spiro atoms. The minimum atomic E-state index is -0.940. The first-order valence-electron chi connectivity index (χ1n) is 8.10. The second-order valence-electron chi connectivity index (χ2n) is 5.82. The summed E-state index contributed by atoms with van der Waals surface area (Å²) in [5.41, 5.74) is 0.0694. The van der Waals surface area contributed by atoms with Crippen molar-refractivity contribution in [1.82, 2.24) is 5.32 Å². The molecule has 2 N–H and O–H groups in total. The number of anilines is 1. The Bertz CT molecular complexity index is 1160. The molecule has 3 rings (SSSR count). The van der Waals surface area contributed by atoms with Crippen LogP contribution in [-0.2, 0) is 9.59 Å². The van der Waals surface area contributed by atoms with E-state index >= 15 is 0 Å². The van der Waals surface area contributed by atoms with E-state index in [2.05, 4.69) is 5.32 Å². The quantitative estimate of drug-likeness (QED) is 0.304. The van der Waals surface area contributed by atoms with Crippen molar-refractivity contribution in [2.45, 2.75) is 4.90 Å². The summed E-state index contributed by atoms with van der Waals surface area (Å²) >= 11 is 12.5. The van der Waals surface area contributed by atoms with Crippen LogP contribution in [0, 0.1) is 10.7 Å². The van der Waals surface area contributed by atoms with E-state index in [-0.39, 0.29) is 37.7 Å². The van der Waals surface area contributed by atoms with Crippen LogP contribution in [0.3, 0.4) is 0 Å². The zero-order valence-corrected chi connectivity index (χ0v) is 17.4. The van der Waals surface area contributed by atoms with Gasteiger partial charge in [0.25, 0.3) is 11.8 Å². The van der Waals surface area contributed by atoms with E-state index in [1.807, 2.05) is 5.40 Å². The van der Waals surface area contributed by atoms with Crippen LogP contribution in [0.15, 0.2) is 40.8 Å². The predicted octanol–water partition coefficient (Wildman–Crippen LogP) is 3.95. The van der Waals surface area contributed by atoms with Gasteiger partial charge in [-0.25, -0.2) is 9.69 Å². The molecule has 30 heavy (non-hydrogen) atoms. The molecule has 1 heterocycles. The highest BCUT2D eigenvalue weighted by atomic mass is 35.5. The highest BCUT2D eigenvalue weighted by Crippen LogP contribution is 2.38. The van der Waals surface area contributed by atoms with Gasteiger partial charge in [-0.15, -0.1) is 0 Å². The van der Waals surface area contributed by atoms with Crippen LogP contribution >= 0.6 is 35.0 Å². The monoisotopic (exact) mass is 463 g/mol. The Labute approximate surface area is 184 Å². The zero-order chi connectivity index (χ0) is 22.0. The molecule has 0 atom stereocenters. The van der Waals surface area contributed by atoms with Crippen molar-refractivity contribution < 1.29 is 24.2 Å². The topological polar surface area (TPSA) is 120 Å². The Morgan fingerprint density at radius 1 is 1.20 bits per heavy atom. The number of barbiturate groups is 1. The summed E-state index contributed by atoms with van der Waals surface area (Å²) in [6.07, 6.45) is 1.22. The SMILES string of the molecule is COc1cc(/C=C2/C(=O)NC(=O)N(c3ccc(Cl)c(Cl)c3)C2=O)cc(SC#N)c1O. The predicted molar refractivity (Wildman–Crippen MR) is 112 cm³/mol. The van der Waals surface area contributed by atoms with E-state index in [1.54, 1.807) is 0 Å². The molecular weight excluding hydrogens is 453 g/mol. The average molecular weight is 464 g/mol. The van der Waals surface area contributed by atoms with Crippen molar-refractivity contribution in [2.24, 2.45) is 0 Å². The van der Waals surface area contributed by atoms with Crippen molar-refractivity contribution in [1.29, 1.82) is 5.26 Å². The molecule has 0 aromatic heterocycles. The van der Waals surface area contributed by atoms with Gasteiger partial charge >= 0.3 is 6.03 Å². The molecule has 8 nitrogen and oxygen atoms in total. The minimum Gasteiger partial charge on any atom is -0.503 e. The zero-order valence-electron chi connectivity index (χ0n) is 15.1. The van der Waals surface area contributed by atoms with Gasteiger partial charge in [-0.2, -0.15) is 5.26 Å². The summed E-state index contributed by atoms with van der Waals surface area (Å²) in [6, 6.07) is 5.98. The normalized spacial score (nSPS) is 15.2. The number of carbonyl (C=O) groups is 3. The van der Waals surface area contributed by atoms with Crippen molar-refractivity contribution in [2.75, 3.05) is 12.0 Å². The molecule has 2 aromatic rings. The van der Waals surface area contributed by atoms with Crippen LogP contribution in [0.25, 0.3) is 6.08 Å². The van der Waals surface area contributed by atoms with Crippen LogP contribution in [0.4, 0.5) is 10.5 Å². The van der Waals surface area contributed by atoms with Gasteiger partial charge in [0, 0.05) is 0 Å². The van der Waals surface area contributed by atoms with Gasteiger partial charge < -0.3 is 9.84 Å². The number of methoxy groups -OCH3 is 1. The summed E-state index contributed by atoms with van der Waals surface area (Å²) in [6.45, 7) is 0. The number of hydrogen-bond acceptors (Lipinski definition) is 7. The number of amides is 4. The fraction of sp³-hybridized carbons (Fsp3) is 0.0526. The van der Waals surface area contributed by atoms with Gasteiger partial charge in [0.05, 0.1) is 27.7 Å². The van der Waals surface area contributed by atoms with Crippen LogP contribution in [0.5, 0.6) is 11.5 Å². The number of phenols is 1. The Kier molecular flexibility index (Phi) is 6.22. The molecule has 0 aliphatic carbocycles. The van der Waals surface area contributed by atoms with Crippen LogP contribution in [0.1, 0.15) is 5.56 Å². The van der Waals surface area contributed by atoms with E-state index in [4.69, 9.17) is 33.2 Å². The lowest BCUT2D eigenvalue weighted by molar-refractivity contribution is -0.122. The number of imide groups is 2. The summed E-state index contributed by atoms with van der Waals surface area (Å²) in [4.78, 5) is 38.4. The lowest BCUT2D eigenvalue weighted by Crippen LogP contribution is -2.54. The molecule has 1 aliphatic heterocycles. The van der Waals surface area contributed by atoms with Crippen LogP contribution < -0.4 is 15.0 Å². The summed E-state index contributed by atoms with van der Waals surface area (Å²) < 4.78 is 5.07. The molecule has 1 fully saturated rings. The Morgan fingerprint density at radius 3 is 2.57 bits per heavy atom. The fourth-order valence-corrected chi connectivity index (χ4v) is 3.43. The maximum absolute atomic E-state index is 12.9. The molecule has 1 aliphatic rings. The molecule has 1 saturated heterocycles. The largest absolute Gasteiger partial charge is 0.503 e. The number of nitriles is 1. The second kappa shape index (κ2) is 8.67. The maximum atomic E-state index is 12.9. The lowest BCUT2D eigenvalue weighted by Gasteiger charge is -2.26. The van der Waals surface area contributed by atoms with E-state index in [0.717, 1.165) is 4.90 Å². The Balaban J connectivity index is 2.07. The molecular formula is C19H11Cl2N3O5S. The number of hydrogen-bond donors (Lipinski definition) is 2. The van der Waals surface area contributed by atoms with Crippen molar-refractivity contribution in [3.05, 3.63) is 51.5 Å². The number of thiocyanates is 1. The number of nitrogens with zero attached hydrogens (tertiary/aromatic N) is 2. The lowest BCUT2D eigenvalue weighted by atomic mass is 10.1. The number of halogens is 2. The Morgan fingerprint density at radius 2 is 1.93 bits per heavy atom. The van der Waals surface area contributed by atoms with E-state index in [1.165, 1.54) is 43.5 Å². The third-order valence-electron chi connectivity index (χ3n) is 4.01. The molecule has 2 aromatic carbocycles. The number of thioether (sulfide) groups is 1. The number of urea groups is 1. The van der Waals surface area contributed by atoms with Gasteiger partial charge in [-0.1, -0.05) is 23.2 Å². The molecule has 152 valence electrons. The third-order valence-corrected chi connectivity index (χ3v) is 5.37. The first-order chi connectivity index (χ1) is 14.3. The van der Waals surface area contributed by atoms with Gasteiger partial charge in [0.1, 0.15) is 11.0 Å². The molecule has 0 radical (unpaired) electrons. The molecule has 0 bridgehead atoms. The second-order valence-corrected chi connectivity index (χ2v) is 7.46. The smallest absolute Gasteiger partial charge is 0.335 e. The first-order valence-corrected chi connectivity index (χ1v) is 9.67. The summed E-state index contributed by atoms with van der Waals surface area (Å²) in [7, 11) is 1.32. The number of phenolic OH excluding ortho intramolecular Hbond substituents is 1. The van der Waals surface area contributed by atoms with Crippen molar-refractivity contribution >= 4 is 64.6 Å². The summed E-state index contributed by atoms with van der Waals surface area (Å²) in [5, 5.41) is 23.3. The van der Waals surface area contributed by atoms with E-state index < -0.39 is 17.8 Å². The Hall–Kier alpha value is -3.19. The van der Waals surface area contributed by atoms with E-state index in [9.17, 15) is 19.5 Å². The molecule has 11 heteroatoms. The minimum absolute atomic E-state index is 0.0446. The maximum Gasteiger partial charge on any atom is 0.335 e. The first kappa shape index (κ1) is 21.5. The number of aromatic hydroxyl groups is 1.